The van der Waals surface area contributed by atoms with E-state index in [1.165, 1.54) is 4.31 Å². The summed E-state index contributed by atoms with van der Waals surface area (Å²) >= 11 is 0. The average molecular weight is 394 g/mol. The minimum Gasteiger partial charge on any atom is -0.338 e. The van der Waals surface area contributed by atoms with Gasteiger partial charge >= 0.3 is 0 Å². The molecule has 27 heavy (non-hydrogen) atoms. The smallest absolute Gasteiger partial charge is 0.246 e. The zero-order chi connectivity index (χ0) is 19.2. The van der Waals surface area contributed by atoms with Crippen molar-refractivity contribution in [2.45, 2.75) is 44.2 Å². The Bertz CT molecular complexity index is 948. The Kier molecular flexibility index (Phi) is 4.50. The molecule has 1 saturated heterocycles. The van der Waals surface area contributed by atoms with Gasteiger partial charge in [-0.1, -0.05) is 5.16 Å². The summed E-state index contributed by atoms with van der Waals surface area (Å²) in [6.07, 6.45) is 5.89. The molecule has 1 aliphatic heterocycles. The number of carbonyl (C=O) groups excluding carboxylic acids is 1. The van der Waals surface area contributed by atoms with Gasteiger partial charge in [0.25, 0.3) is 0 Å². The highest BCUT2D eigenvalue weighted by atomic mass is 32.2. The maximum absolute atomic E-state index is 13.1. The highest BCUT2D eigenvalue weighted by Crippen LogP contribution is 2.38. The van der Waals surface area contributed by atoms with Crippen LogP contribution in [-0.2, 0) is 28.4 Å². The SMILES string of the molecule is Cn1nccc1N1CCC[C@H](N(Cc2nc(C3CC3)no2)S(C)(=O)=O)C1=O. The number of carbonyl (C=O) groups is 1. The van der Waals surface area contributed by atoms with E-state index in [0.29, 0.717) is 36.9 Å². The van der Waals surface area contributed by atoms with Crippen molar-refractivity contribution < 1.29 is 17.7 Å². The maximum Gasteiger partial charge on any atom is 0.246 e. The molecule has 1 saturated carbocycles. The van der Waals surface area contributed by atoms with E-state index in [2.05, 4.69) is 15.2 Å². The van der Waals surface area contributed by atoms with E-state index in [1.54, 1.807) is 28.9 Å². The molecule has 0 unspecified atom stereocenters. The first kappa shape index (κ1) is 18.1. The van der Waals surface area contributed by atoms with Crippen LogP contribution in [0.1, 0.15) is 43.3 Å². The Hall–Kier alpha value is -2.27. The van der Waals surface area contributed by atoms with Gasteiger partial charge in [0.1, 0.15) is 11.9 Å². The number of amides is 1. The average Bonchev–Trinajstić information content (AvgIpc) is 3.20. The highest BCUT2D eigenvalue weighted by Gasteiger charge is 2.40. The van der Waals surface area contributed by atoms with Gasteiger partial charge in [-0.3, -0.25) is 14.4 Å². The lowest BCUT2D eigenvalue weighted by molar-refractivity contribution is -0.123. The molecule has 4 rings (SSSR count). The molecule has 11 heteroatoms. The molecule has 0 aromatic carbocycles. The second kappa shape index (κ2) is 6.71. The topological polar surface area (TPSA) is 114 Å². The van der Waals surface area contributed by atoms with Crippen LogP contribution >= 0.6 is 0 Å². The second-order valence-corrected chi connectivity index (χ2v) is 9.02. The van der Waals surface area contributed by atoms with Gasteiger partial charge in [0.2, 0.25) is 21.8 Å². The molecule has 2 fully saturated rings. The first-order valence-electron chi connectivity index (χ1n) is 8.93. The van der Waals surface area contributed by atoms with Gasteiger partial charge in [-0.15, -0.1) is 0 Å². The Morgan fingerprint density at radius 2 is 2.11 bits per heavy atom. The largest absolute Gasteiger partial charge is 0.338 e. The lowest BCUT2D eigenvalue weighted by Crippen LogP contribution is -2.54. The van der Waals surface area contributed by atoms with Crippen molar-refractivity contribution in [2.75, 3.05) is 17.7 Å². The third-order valence-corrected chi connectivity index (χ3v) is 6.21. The Labute approximate surface area is 157 Å². The summed E-state index contributed by atoms with van der Waals surface area (Å²) < 4.78 is 32.9. The minimum absolute atomic E-state index is 0.103. The summed E-state index contributed by atoms with van der Waals surface area (Å²) in [5.41, 5.74) is 0. The molecular weight excluding hydrogens is 372 g/mol. The monoisotopic (exact) mass is 394 g/mol. The molecule has 1 atom stereocenters. The fraction of sp³-hybridized carbons (Fsp3) is 0.625. The Morgan fingerprint density at radius 3 is 2.74 bits per heavy atom. The third-order valence-electron chi connectivity index (χ3n) is 4.97. The van der Waals surface area contributed by atoms with Gasteiger partial charge in [-0.2, -0.15) is 14.4 Å². The summed E-state index contributed by atoms with van der Waals surface area (Å²) in [6.45, 7) is 0.424. The quantitative estimate of drug-likeness (QED) is 0.706. The number of hydrogen-bond donors (Lipinski definition) is 0. The molecule has 0 spiro atoms. The van der Waals surface area contributed by atoms with E-state index >= 15 is 0 Å². The number of rotatable bonds is 6. The Morgan fingerprint density at radius 1 is 1.33 bits per heavy atom. The van der Waals surface area contributed by atoms with Crippen LogP contribution in [0.25, 0.3) is 0 Å². The van der Waals surface area contributed by atoms with Gasteiger partial charge in [-0.25, -0.2) is 8.42 Å². The van der Waals surface area contributed by atoms with Crippen LogP contribution in [0, 0.1) is 0 Å². The minimum atomic E-state index is -3.66. The number of anilines is 1. The molecule has 2 aromatic heterocycles. The van der Waals surface area contributed by atoms with Crippen LogP contribution in [0.3, 0.4) is 0 Å². The van der Waals surface area contributed by atoms with E-state index in [9.17, 15) is 13.2 Å². The van der Waals surface area contributed by atoms with Crippen LogP contribution < -0.4 is 4.90 Å². The number of aryl methyl sites for hydroxylation is 1. The lowest BCUT2D eigenvalue weighted by Gasteiger charge is -2.36. The van der Waals surface area contributed by atoms with Gasteiger partial charge in [0.15, 0.2) is 5.82 Å². The first-order valence-corrected chi connectivity index (χ1v) is 10.8. The molecule has 0 N–H and O–H groups in total. The van der Waals surface area contributed by atoms with Crippen LogP contribution in [0.2, 0.25) is 0 Å². The van der Waals surface area contributed by atoms with E-state index < -0.39 is 16.1 Å². The normalized spacial score (nSPS) is 21.2. The molecular formula is C16H22N6O4S. The summed E-state index contributed by atoms with van der Waals surface area (Å²) in [6, 6.07) is 0.935. The van der Waals surface area contributed by atoms with Crippen LogP contribution in [0.4, 0.5) is 5.82 Å². The maximum atomic E-state index is 13.1. The predicted octanol–water partition coefficient (Wildman–Crippen LogP) is 0.638. The van der Waals surface area contributed by atoms with Crippen molar-refractivity contribution in [1.29, 1.82) is 0 Å². The van der Waals surface area contributed by atoms with Crippen LogP contribution in [0.15, 0.2) is 16.8 Å². The van der Waals surface area contributed by atoms with Gasteiger partial charge in [0, 0.05) is 25.6 Å². The second-order valence-electron chi connectivity index (χ2n) is 7.09. The van der Waals surface area contributed by atoms with E-state index in [4.69, 9.17) is 4.52 Å². The molecule has 146 valence electrons. The van der Waals surface area contributed by atoms with Crippen molar-refractivity contribution in [1.82, 2.24) is 24.2 Å². The van der Waals surface area contributed by atoms with Gasteiger partial charge < -0.3 is 4.52 Å². The highest BCUT2D eigenvalue weighted by molar-refractivity contribution is 7.88. The Balaban J connectivity index is 1.59. The van der Waals surface area contributed by atoms with Crippen LogP contribution in [0.5, 0.6) is 0 Å². The summed E-state index contributed by atoms with van der Waals surface area (Å²) in [5, 5.41) is 8.03. The standard InChI is InChI=1S/C16H22N6O4S/c1-20-14(7-8-17-20)21-9-3-4-12(16(21)23)22(27(2,24)25)10-13-18-15(19-26-13)11-5-6-11/h7-8,11-12H,3-6,9-10H2,1-2H3/t12-/m0/s1. The number of nitrogens with zero attached hydrogens (tertiary/aromatic N) is 6. The molecule has 0 radical (unpaired) electrons. The van der Waals surface area contributed by atoms with Gasteiger partial charge in [0.05, 0.1) is 19.0 Å². The van der Waals surface area contributed by atoms with Crippen molar-refractivity contribution in [3.05, 3.63) is 24.0 Å². The van der Waals surface area contributed by atoms with Crippen molar-refractivity contribution in [3.8, 4) is 0 Å². The zero-order valence-corrected chi connectivity index (χ0v) is 16.1. The van der Waals surface area contributed by atoms with E-state index in [-0.39, 0.29) is 18.3 Å². The van der Waals surface area contributed by atoms with E-state index in [0.717, 1.165) is 19.1 Å². The molecule has 1 aliphatic carbocycles. The predicted molar refractivity (Wildman–Crippen MR) is 95.2 cm³/mol. The molecule has 1 amide bonds. The summed E-state index contributed by atoms with van der Waals surface area (Å²) in [5.74, 6) is 1.52. The van der Waals surface area contributed by atoms with Crippen molar-refractivity contribution in [3.63, 3.8) is 0 Å². The molecule has 2 aromatic rings. The lowest BCUT2D eigenvalue weighted by atomic mass is 10.0. The summed E-state index contributed by atoms with van der Waals surface area (Å²) in [4.78, 5) is 19.0. The van der Waals surface area contributed by atoms with E-state index in [1.807, 2.05) is 0 Å². The molecule has 10 nitrogen and oxygen atoms in total. The first-order chi connectivity index (χ1) is 12.8. The van der Waals surface area contributed by atoms with Crippen LogP contribution in [-0.4, -0.2) is 57.4 Å². The number of sulfonamides is 1. The van der Waals surface area contributed by atoms with Crippen molar-refractivity contribution in [2.24, 2.45) is 7.05 Å². The molecule has 0 bridgehead atoms. The number of aromatic nitrogens is 4. The zero-order valence-electron chi connectivity index (χ0n) is 15.3. The fourth-order valence-electron chi connectivity index (χ4n) is 3.41. The van der Waals surface area contributed by atoms with Gasteiger partial charge in [-0.05, 0) is 25.7 Å². The number of hydrogen-bond acceptors (Lipinski definition) is 7. The third kappa shape index (κ3) is 3.61. The number of piperidine rings is 1. The molecule has 2 aliphatic rings. The fourth-order valence-corrected chi connectivity index (χ4v) is 4.42. The summed E-state index contributed by atoms with van der Waals surface area (Å²) in [7, 11) is -1.91. The van der Waals surface area contributed by atoms with Crippen molar-refractivity contribution >= 4 is 21.7 Å². The molecule has 3 heterocycles.